The molecule has 1 amide bonds. The predicted molar refractivity (Wildman–Crippen MR) is 87.8 cm³/mol. The van der Waals surface area contributed by atoms with Gasteiger partial charge in [-0.25, -0.2) is 9.97 Å². The van der Waals surface area contributed by atoms with Crippen LogP contribution in [0.5, 0.6) is 0 Å². The minimum atomic E-state index is -0.428. The Labute approximate surface area is 135 Å². The van der Waals surface area contributed by atoms with Crippen molar-refractivity contribution in [3.05, 3.63) is 42.2 Å². The highest BCUT2D eigenvalue weighted by Crippen LogP contribution is 2.22. The molecule has 0 radical (unpaired) electrons. The average molecular weight is 312 g/mol. The van der Waals surface area contributed by atoms with Crippen LogP contribution in [-0.2, 0) is 9.53 Å². The summed E-state index contributed by atoms with van der Waals surface area (Å²) in [6.45, 7) is 2.37. The zero-order chi connectivity index (χ0) is 16.2. The molecule has 1 fully saturated rings. The zero-order valence-corrected chi connectivity index (χ0v) is 13.0. The molecule has 120 valence electrons. The number of ether oxygens (including phenoxy) is 1. The van der Waals surface area contributed by atoms with E-state index in [-0.39, 0.29) is 12.0 Å². The number of aromatic nitrogens is 2. The lowest BCUT2D eigenvalue weighted by Crippen LogP contribution is -2.29. The van der Waals surface area contributed by atoms with Gasteiger partial charge in [0.05, 0.1) is 6.10 Å². The van der Waals surface area contributed by atoms with E-state index in [1.165, 1.54) is 0 Å². The topological polar surface area (TPSA) is 90.1 Å². The highest BCUT2D eigenvalue weighted by atomic mass is 16.5. The molecule has 2 aromatic rings. The lowest BCUT2D eigenvalue weighted by atomic mass is 10.1. The van der Waals surface area contributed by atoms with Crippen LogP contribution in [0.25, 0.3) is 11.4 Å². The van der Waals surface area contributed by atoms with Crippen LogP contribution < -0.4 is 11.1 Å². The minimum absolute atomic E-state index is 0.0159. The molecule has 1 saturated heterocycles. The van der Waals surface area contributed by atoms with Gasteiger partial charge in [0.2, 0.25) is 0 Å². The van der Waals surface area contributed by atoms with Crippen molar-refractivity contribution in [3.63, 3.8) is 0 Å². The number of aryl methyl sites for hydroxylation is 1. The number of benzene rings is 1. The Morgan fingerprint density at radius 3 is 3.00 bits per heavy atom. The van der Waals surface area contributed by atoms with E-state index < -0.39 is 6.10 Å². The summed E-state index contributed by atoms with van der Waals surface area (Å²) < 4.78 is 5.61. The fourth-order valence-corrected chi connectivity index (χ4v) is 2.62. The number of carbonyl (C=O) groups excluding carboxylic acids is 1. The molecule has 1 aliphatic heterocycles. The Morgan fingerprint density at radius 2 is 2.26 bits per heavy atom. The summed E-state index contributed by atoms with van der Waals surface area (Å²) in [4.78, 5) is 20.9. The molecule has 0 bridgehead atoms. The summed E-state index contributed by atoms with van der Waals surface area (Å²) in [5.41, 5.74) is 8.04. The SMILES string of the molecule is Cc1ccnc(-c2cccc(NC(=O)[C@@H]3CC[C@H](CN)O3)c2)n1. The van der Waals surface area contributed by atoms with Gasteiger partial charge in [-0.2, -0.15) is 0 Å². The molecule has 3 N–H and O–H groups in total. The quantitative estimate of drug-likeness (QED) is 0.900. The molecule has 0 unspecified atom stereocenters. The molecular weight excluding hydrogens is 292 g/mol. The van der Waals surface area contributed by atoms with Gasteiger partial charge in [0.15, 0.2) is 5.82 Å². The number of hydrogen-bond donors (Lipinski definition) is 2. The third kappa shape index (κ3) is 3.72. The summed E-state index contributed by atoms with van der Waals surface area (Å²) in [6, 6.07) is 9.34. The van der Waals surface area contributed by atoms with Crippen LogP contribution in [0.1, 0.15) is 18.5 Å². The summed E-state index contributed by atoms with van der Waals surface area (Å²) >= 11 is 0. The van der Waals surface area contributed by atoms with Crippen molar-refractivity contribution < 1.29 is 9.53 Å². The zero-order valence-electron chi connectivity index (χ0n) is 13.0. The fourth-order valence-electron chi connectivity index (χ4n) is 2.62. The Bertz CT molecular complexity index is 704. The highest BCUT2D eigenvalue weighted by molar-refractivity contribution is 5.94. The molecule has 0 aliphatic carbocycles. The number of amides is 1. The second-order valence-electron chi connectivity index (χ2n) is 5.65. The van der Waals surface area contributed by atoms with Crippen LogP contribution in [0, 0.1) is 6.92 Å². The van der Waals surface area contributed by atoms with Gasteiger partial charge in [0.1, 0.15) is 6.10 Å². The van der Waals surface area contributed by atoms with E-state index in [4.69, 9.17) is 10.5 Å². The van der Waals surface area contributed by atoms with Crippen molar-refractivity contribution in [3.8, 4) is 11.4 Å². The lowest BCUT2D eigenvalue weighted by Gasteiger charge is -2.13. The van der Waals surface area contributed by atoms with Gasteiger partial charge in [-0.1, -0.05) is 12.1 Å². The van der Waals surface area contributed by atoms with Crippen molar-refractivity contribution in [2.24, 2.45) is 5.73 Å². The van der Waals surface area contributed by atoms with E-state index in [9.17, 15) is 4.79 Å². The van der Waals surface area contributed by atoms with Crippen LogP contribution in [0.4, 0.5) is 5.69 Å². The number of nitrogens with zero attached hydrogens (tertiary/aromatic N) is 2. The van der Waals surface area contributed by atoms with Gasteiger partial charge in [-0.3, -0.25) is 4.79 Å². The minimum Gasteiger partial charge on any atom is -0.364 e. The van der Waals surface area contributed by atoms with Crippen LogP contribution in [0.3, 0.4) is 0 Å². The Hall–Kier alpha value is -2.31. The number of anilines is 1. The van der Waals surface area contributed by atoms with E-state index in [0.29, 0.717) is 24.5 Å². The molecule has 0 saturated carbocycles. The summed E-state index contributed by atoms with van der Waals surface area (Å²) in [5.74, 6) is 0.504. The van der Waals surface area contributed by atoms with Crippen molar-refractivity contribution >= 4 is 11.6 Å². The molecule has 2 atom stereocenters. The first-order chi connectivity index (χ1) is 11.2. The van der Waals surface area contributed by atoms with E-state index in [1.807, 2.05) is 37.3 Å². The smallest absolute Gasteiger partial charge is 0.253 e. The maximum atomic E-state index is 12.3. The normalized spacial score (nSPS) is 20.4. The van der Waals surface area contributed by atoms with Gasteiger partial charge < -0.3 is 15.8 Å². The van der Waals surface area contributed by atoms with Crippen LogP contribution in [0.15, 0.2) is 36.5 Å². The first kappa shape index (κ1) is 15.6. The van der Waals surface area contributed by atoms with Crippen LogP contribution in [0.2, 0.25) is 0 Å². The predicted octanol–water partition coefficient (Wildman–Crippen LogP) is 1.90. The van der Waals surface area contributed by atoms with Crippen molar-refractivity contribution in [1.29, 1.82) is 0 Å². The van der Waals surface area contributed by atoms with Crippen molar-refractivity contribution in [2.75, 3.05) is 11.9 Å². The molecule has 0 spiro atoms. The standard InChI is InChI=1S/C17H20N4O2/c1-11-7-8-19-16(20-11)12-3-2-4-13(9-12)21-17(22)15-6-5-14(10-18)23-15/h2-4,7-9,14-15H,5-6,10,18H2,1H3,(H,21,22)/t14-,15+/m1/s1. The van der Waals surface area contributed by atoms with Gasteiger partial charge in [-0.15, -0.1) is 0 Å². The maximum absolute atomic E-state index is 12.3. The van der Waals surface area contributed by atoms with Gasteiger partial charge >= 0.3 is 0 Å². The summed E-state index contributed by atoms with van der Waals surface area (Å²) in [6.07, 6.45) is 2.81. The van der Waals surface area contributed by atoms with Gasteiger partial charge in [0.25, 0.3) is 5.91 Å². The lowest BCUT2D eigenvalue weighted by molar-refractivity contribution is -0.126. The molecule has 6 nitrogen and oxygen atoms in total. The Morgan fingerprint density at radius 1 is 1.39 bits per heavy atom. The first-order valence-corrected chi connectivity index (χ1v) is 7.72. The molecule has 2 heterocycles. The van der Waals surface area contributed by atoms with Crippen LogP contribution in [-0.4, -0.2) is 34.6 Å². The van der Waals surface area contributed by atoms with Gasteiger partial charge in [-0.05, 0) is 38.0 Å². The van der Waals surface area contributed by atoms with E-state index in [0.717, 1.165) is 17.7 Å². The van der Waals surface area contributed by atoms with Crippen LogP contribution >= 0.6 is 0 Å². The second-order valence-corrected chi connectivity index (χ2v) is 5.65. The average Bonchev–Trinajstić information content (AvgIpc) is 3.04. The summed E-state index contributed by atoms with van der Waals surface area (Å²) in [5, 5.41) is 2.89. The molecular formula is C17H20N4O2. The number of rotatable bonds is 4. The van der Waals surface area contributed by atoms with Gasteiger partial charge in [0, 0.05) is 29.7 Å². The Kier molecular flexibility index (Phi) is 4.64. The van der Waals surface area contributed by atoms with Crippen molar-refractivity contribution in [2.45, 2.75) is 32.0 Å². The van der Waals surface area contributed by atoms with Crippen molar-refractivity contribution in [1.82, 2.24) is 9.97 Å². The van der Waals surface area contributed by atoms with E-state index >= 15 is 0 Å². The van der Waals surface area contributed by atoms with E-state index in [1.54, 1.807) is 6.20 Å². The largest absolute Gasteiger partial charge is 0.364 e. The van der Waals surface area contributed by atoms with E-state index in [2.05, 4.69) is 15.3 Å². The number of hydrogen-bond acceptors (Lipinski definition) is 5. The summed E-state index contributed by atoms with van der Waals surface area (Å²) in [7, 11) is 0. The second kappa shape index (κ2) is 6.85. The molecule has 3 rings (SSSR count). The molecule has 1 aliphatic rings. The molecule has 1 aromatic heterocycles. The third-order valence-electron chi connectivity index (χ3n) is 3.85. The highest BCUT2D eigenvalue weighted by Gasteiger charge is 2.29. The maximum Gasteiger partial charge on any atom is 0.253 e. The molecule has 1 aromatic carbocycles. The fraction of sp³-hybridized carbons (Fsp3) is 0.353. The Balaban J connectivity index is 1.72. The first-order valence-electron chi connectivity index (χ1n) is 7.72. The number of carbonyl (C=O) groups is 1. The number of nitrogens with one attached hydrogen (secondary N) is 1. The number of nitrogens with two attached hydrogens (primary N) is 1. The molecule has 23 heavy (non-hydrogen) atoms. The monoisotopic (exact) mass is 312 g/mol. The molecule has 6 heteroatoms. The third-order valence-corrected chi connectivity index (χ3v) is 3.85.